The fourth-order valence-electron chi connectivity index (χ4n) is 5.55. The molecule has 2 bridgehead atoms. The van der Waals surface area contributed by atoms with E-state index >= 15 is 0 Å². The Morgan fingerprint density at radius 3 is 2.24 bits per heavy atom. The van der Waals surface area contributed by atoms with Crippen molar-refractivity contribution in [1.82, 2.24) is 14.8 Å². The Morgan fingerprint density at radius 1 is 1.03 bits per heavy atom. The molecule has 4 N–H and O–H groups in total. The summed E-state index contributed by atoms with van der Waals surface area (Å²) in [5.41, 5.74) is 6.58. The number of aromatic nitrogens is 1. The van der Waals surface area contributed by atoms with Crippen LogP contribution < -0.4 is 11.1 Å². The summed E-state index contributed by atoms with van der Waals surface area (Å²) < 4.78 is 41.3. The van der Waals surface area contributed by atoms with Crippen molar-refractivity contribution in [2.75, 3.05) is 38.5 Å². The lowest BCUT2D eigenvalue weighted by Gasteiger charge is -2.54. The number of anilines is 1. The fourth-order valence-corrected chi connectivity index (χ4v) is 5.55. The van der Waals surface area contributed by atoms with Crippen LogP contribution in [0.4, 0.5) is 23.7 Å². The van der Waals surface area contributed by atoms with Gasteiger partial charge in [0.1, 0.15) is 23.1 Å². The first-order valence-electron chi connectivity index (χ1n) is 12.1. The van der Waals surface area contributed by atoms with Crippen molar-refractivity contribution in [1.29, 1.82) is 0 Å². The number of hydrogen-bond acceptors (Lipinski definition) is 5. The molecule has 3 aromatic rings. The van der Waals surface area contributed by atoms with Crippen LogP contribution in [0.3, 0.4) is 0 Å². The first-order chi connectivity index (χ1) is 17.7. The molecular formula is C27H28F3N5O2. The third-order valence-corrected chi connectivity index (χ3v) is 7.37. The van der Waals surface area contributed by atoms with Crippen molar-refractivity contribution < 1.29 is 23.1 Å². The molecule has 3 heterocycles. The highest BCUT2D eigenvalue weighted by atomic mass is 19.1. The molecule has 0 saturated carbocycles. The van der Waals surface area contributed by atoms with Crippen LogP contribution in [-0.4, -0.2) is 59.1 Å². The molecule has 2 fully saturated rings. The molecule has 5 rings (SSSR count). The van der Waals surface area contributed by atoms with Gasteiger partial charge in [-0.3, -0.25) is 4.98 Å². The molecule has 37 heavy (non-hydrogen) atoms. The van der Waals surface area contributed by atoms with Gasteiger partial charge < -0.3 is 26.0 Å². The van der Waals surface area contributed by atoms with E-state index in [9.17, 15) is 23.1 Å². The van der Waals surface area contributed by atoms with Crippen molar-refractivity contribution >= 4 is 11.7 Å². The lowest BCUT2D eigenvalue weighted by atomic mass is 9.68. The number of aliphatic hydroxyl groups is 1. The summed E-state index contributed by atoms with van der Waals surface area (Å²) in [6.45, 7) is 1.63. The maximum atomic E-state index is 14.2. The summed E-state index contributed by atoms with van der Waals surface area (Å²) in [4.78, 5) is 21.2. The number of urea groups is 1. The third kappa shape index (κ3) is 4.79. The summed E-state index contributed by atoms with van der Waals surface area (Å²) in [6, 6.07) is 10.7. The zero-order chi connectivity index (χ0) is 26.3. The van der Waals surface area contributed by atoms with E-state index in [-0.39, 0.29) is 43.0 Å². The Labute approximate surface area is 212 Å². The zero-order valence-corrected chi connectivity index (χ0v) is 20.3. The lowest BCUT2D eigenvalue weighted by molar-refractivity contribution is -0.155. The minimum atomic E-state index is -1.28. The van der Waals surface area contributed by atoms with Gasteiger partial charge in [0.25, 0.3) is 0 Å². The van der Waals surface area contributed by atoms with Gasteiger partial charge in [-0.25, -0.2) is 18.0 Å². The summed E-state index contributed by atoms with van der Waals surface area (Å²) in [5, 5.41) is 14.5. The average molecular weight is 512 g/mol. The Kier molecular flexibility index (Phi) is 6.65. The first kappa shape index (κ1) is 25.2. The molecule has 0 aliphatic carbocycles. The number of rotatable bonds is 4. The van der Waals surface area contributed by atoms with E-state index in [4.69, 9.17) is 5.73 Å². The van der Waals surface area contributed by atoms with Crippen LogP contribution >= 0.6 is 0 Å². The Bertz CT molecular complexity index is 1280. The summed E-state index contributed by atoms with van der Waals surface area (Å²) in [5.74, 6) is -2.64. The second kappa shape index (κ2) is 9.77. The van der Waals surface area contributed by atoms with Gasteiger partial charge in [-0.2, -0.15) is 0 Å². The quantitative estimate of drug-likeness (QED) is 0.498. The number of halogens is 3. The van der Waals surface area contributed by atoms with E-state index in [1.54, 1.807) is 35.4 Å². The number of carbonyl (C=O) groups is 1. The highest BCUT2D eigenvalue weighted by molar-refractivity contribution is 5.89. The van der Waals surface area contributed by atoms with Gasteiger partial charge in [-0.1, -0.05) is 18.2 Å². The molecule has 2 saturated heterocycles. The predicted molar refractivity (Wildman–Crippen MR) is 133 cm³/mol. The van der Waals surface area contributed by atoms with Crippen molar-refractivity contribution in [3.8, 4) is 11.1 Å². The van der Waals surface area contributed by atoms with Crippen LogP contribution in [0.5, 0.6) is 0 Å². The number of nitrogens with two attached hydrogens (primary N) is 1. The van der Waals surface area contributed by atoms with Crippen LogP contribution in [0, 0.1) is 29.3 Å². The molecule has 2 aliphatic rings. The molecule has 0 spiro atoms. The van der Waals surface area contributed by atoms with E-state index in [2.05, 4.69) is 15.2 Å². The van der Waals surface area contributed by atoms with Gasteiger partial charge in [0.2, 0.25) is 0 Å². The van der Waals surface area contributed by atoms with E-state index < -0.39 is 23.3 Å². The van der Waals surface area contributed by atoms with Gasteiger partial charge in [-0.15, -0.1) is 0 Å². The van der Waals surface area contributed by atoms with Crippen LogP contribution in [0.25, 0.3) is 11.1 Å². The molecule has 2 amide bonds. The number of piperidine rings is 2. The average Bonchev–Trinajstić information content (AvgIpc) is 2.84. The molecule has 1 aromatic heterocycles. The number of fused-ring (bicyclic) bond motifs is 2. The molecule has 2 aromatic carbocycles. The van der Waals surface area contributed by atoms with Gasteiger partial charge in [0.15, 0.2) is 0 Å². The summed E-state index contributed by atoms with van der Waals surface area (Å²) in [6.07, 6.45) is 1.61. The predicted octanol–water partition coefficient (Wildman–Crippen LogP) is 3.54. The van der Waals surface area contributed by atoms with Crippen molar-refractivity contribution in [2.24, 2.45) is 17.6 Å². The maximum absolute atomic E-state index is 14.2. The zero-order valence-electron chi connectivity index (χ0n) is 20.3. The number of carbonyl (C=O) groups excluding carboxylic acids is 1. The van der Waals surface area contributed by atoms with Gasteiger partial charge >= 0.3 is 6.03 Å². The van der Waals surface area contributed by atoms with Crippen molar-refractivity contribution in [2.45, 2.75) is 12.1 Å². The van der Waals surface area contributed by atoms with Crippen LogP contribution in [0.2, 0.25) is 0 Å². The Morgan fingerprint density at radius 2 is 1.68 bits per heavy atom. The van der Waals surface area contributed by atoms with Gasteiger partial charge in [0, 0.05) is 73.6 Å². The van der Waals surface area contributed by atoms with E-state index in [1.165, 1.54) is 6.07 Å². The van der Waals surface area contributed by atoms with Crippen LogP contribution in [0.1, 0.15) is 11.3 Å². The molecule has 2 aliphatic heterocycles. The van der Waals surface area contributed by atoms with E-state index in [0.29, 0.717) is 35.5 Å². The van der Waals surface area contributed by atoms with E-state index in [0.717, 1.165) is 18.2 Å². The second-order valence-corrected chi connectivity index (χ2v) is 9.88. The maximum Gasteiger partial charge on any atom is 0.321 e. The molecule has 7 nitrogen and oxygen atoms in total. The monoisotopic (exact) mass is 511 g/mol. The number of amides is 2. The SMILES string of the molecule is CN1C[C@@H]2CN(C(=O)Nc3cc(F)cc(F)c3)C[C@H](C1)[C@@]2(O)c1ccc(-c2ccc(CN)c(F)c2)cn1. The van der Waals surface area contributed by atoms with Crippen molar-refractivity contribution in [3.05, 3.63) is 83.4 Å². The number of hydrogen-bond donors (Lipinski definition) is 3. The van der Waals surface area contributed by atoms with Gasteiger partial charge in [-0.05, 0) is 36.9 Å². The molecule has 0 unspecified atom stereocenters. The third-order valence-electron chi connectivity index (χ3n) is 7.37. The number of benzene rings is 2. The van der Waals surface area contributed by atoms with Crippen LogP contribution in [0.15, 0.2) is 54.7 Å². The van der Waals surface area contributed by atoms with E-state index in [1.807, 2.05) is 7.05 Å². The normalized spacial score (nSPS) is 23.7. The smallest absolute Gasteiger partial charge is 0.321 e. The molecule has 3 atom stereocenters. The molecule has 194 valence electrons. The highest BCUT2D eigenvalue weighted by Crippen LogP contribution is 2.44. The van der Waals surface area contributed by atoms with Gasteiger partial charge in [0.05, 0.1) is 5.69 Å². The molecule has 10 heteroatoms. The topological polar surface area (TPSA) is 94.7 Å². The number of nitrogens with zero attached hydrogens (tertiary/aromatic N) is 3. The minimum absolute atomic E-state index is 0.0267. The fraction of sp³-hybridized carbons (Fsp3) is 0.333. The first-order valence-corrected chi connectivity index (χ1v) is 12.1. The standard InChI is InChI=1S/C27H28F3N5O2/c1-34-12-19-14-35(26(36)33-23-8-21(28)7-22(29)9-23)15-20(13-34)27(19,37)25-5-4-18(11-32-25)16-2-3-17(10-31)24(30)6-16/h2-9,11,19-20,37H,10,12-15,31H2,1H3,(H,33,36)/t19-,20+,27-. The number of nitrogens with one attached hydrogen (secondary N) is 1. The largest absolute Gasteiger partial charge is 0.383 e. The number of likely N-dealkylation sites (tertiary alicyclic amines) is 2. The summed E-state index contributed by atoms with van der Waals surface area (Å²) >= 11 is 0. The van der Waals surface area contributed by atoms with Crippen LogP contribution in [-0.2, 0) is 12.1 Å². The second-order valence-electron chi connectivity index (χ2n) is 9.88. The summed E-state index contributed by atoms with van der Waals surface area (Å²) in [7, 11) is 1.96. The minimum Gasteiger partial charge on any atom is -0.383 e. The highest BCUT2D eigenvalue weighted by Gasteiger charge is 2.54. The number of pyridine rings is 1. The Balaban J connectivity index is 1.37. The Hall–Kier alpha value is -3.47. The molecule has 0 radical (unpaired) electrons. The molecular weight excluding hydrogens is 483 g/mol. The van der Waals surface area contributed by atoms with Crippen molar-refractivity contribution in [3.63, 3.8) is 0 Å². The lowest BCUT2D eigenvalue weighted by Crippen LogP contribution is -2.66.